The molecule has 4 heterocycles. The summed E-state index contributed by atoms with van der Waals surface area (Å²) >= 11 is 0. The van der Waals surface area contributed by atoms with Crippen molar-refractivity contribution in [2.24, 2.45) is 0 Å². The van der Waals surface area contributed by atoms with Crippen molar-refractivity contribution in [3.05, 3.63) is 128 Å². The Hall–Kier alpha value is -4.27. The Morgan fingerprint density at radius 1 is 0.667 bits per heavy atom. The fourth-order valence-electron chi connectivity index (χ4n) is 6.87. The van der Waals surface area contributed by atoms with Gasteiger partial charge in [-0.3, -0.25) is 9.97 Å². The maximum atomic E-state index is 6.54. The number of furan rings is 1. The van der Waals surface area contributed by atoms with E-state index in [1.165, 1.54) is 44.1 Å². The van der Waals surface area contributed by atoms with Gasteiger partial charge >= 0.3 is 0 Å². The number of nitrogens with zero attached hydrogens (tertiary/aromatic N) is 3. The Morgan fingerprint density at radius 2 is 1.46 bits per heavy atom. The molecule has 0 unspecified atom stereocenters. The van der Waals surface area contributed by atoms with Crippen LogP contribution in [-0.2, 0) is 20.1 Å². The van der Waals surface area contributed by atoms with Crippen molar-refractivity contribution in [1.82, 2.24) is 15.0 Å². The van der Waals surface area contributed by atoms with Gasteiger partial charge < -0.3 is 9.40 Å². The van der Waals surface area contributed by atoms with Crippen LogP contribution in [0.3, 0.4) is 0 Å². The molecule has 8 aromatic rings. The van der Waals surface area contributed by atoms with Gasteiger partial charge in [-0.2, -0.15) is 0 Å². The Balaban J connectivity index is 0.000000237. The Kier molecular flexibility index (Phi) is 8.50. The summed E-state index contributed by atoms with van der Waals surface area (Å²) in [6.07, 6.45) is 3.92. The summed E-state index contributed by atoms with van der Waals surface area (Å²) in [7, 11) is -3.06. The van der Waals surface area contributed by atoms with E-state index in [2.05, 4.69) is 104 Å². The fraction of sp³-hybridized carbons (Fsp3) is 0.146. The molecule has 0 spiro atoms. The predicted molar refractivity (Wildman–Crippen MR) is 201 cm³/mol. The van der Waals surface area contributed by atoms with Crippen LogP contribution in [0.15, 0.2) is 120 Å². The first-order valence-electron chi connectivity index (χ1n) is 16.2. The van der Waals surface area contributed by atoms with Gasteiger partial charge in [0.15, 0.2) is 0 Å². The molecule has 4 nitrogen and oxygen atoms in total. The Morgan fingerprint density at radius 3 is 2.27 bits per heavy atom. The van der Waals surface area contributed by atoms with Gasteiger partial charge in [0.05, 0.1) is 19.5 Å². The van der Waals surface area contributed by atoms with Gasteiger partial charge in [-0.05, 0) is 50.6 Å². The van der Waals surface area contributed by atoms with Crippen LogP contribution in [0.4, 0.5) is 0 Å². The van der Waals surface area contributed by atoms with Gasteiger partial charge in [-0.15, -0.1) is 54.1 Å². The summed E-state index contributed by atoms with van der Waals surface area (Å²) < 4.78 is 6.54. The summed E-state index contributed by atoms with van der Waals surface area (Å²) in [5.41, 5.74) is 4.60. The van der Waals surface area contributed by atoms with E-state index in [-0.39, 0.29) is 20.1 Å². The number of hydrogen-bond donors (Lipinski definition) is 0. The zero-order chi connectivity index (χ0) is 32.2. The zero-order valence-corrected chi connectivity index (χ0v) is 31.9. The van der Waals surface area contributed by atoms with E-state index in [1.807, 2.05) is 48.5 Å². The molecule has 0 bridgehead atoms. The maximum absolute atomic E-state index is 6.54. The monoisotopic (exact) mass is 834 g/mol. The van der Waals surface area contributed by atoms with E-state index in [4.69, 9.17) is 14.4 Å². The molecule has 5 aromatic carbocycles. The van der Waals surface area contributed by atoms with Crippen LogP contribution in [0.1, 0.15) is 0 Å². The van der Waals surface area contributed by atoms with Crippen molar-refractivity contribution in [3.8, 4) is 22.6 Å². The number of pyridine rings is 1. The molecule has 0 saturated heterocycles. The summed E-state index contributed by atoms with van der Waals surface area (Å²) in [6, 6.07) is 44.4. The van der Waals surface area contributed by atoms with Crippen LogP contribution in [0, 0.1) is 12.1 Å². The molecule has 7 heteroatoms. The van der Waals surface area contributed by atoms with Crippen LogP contribution >= 0.6 is 0 Å². The molecule has 3 aromatic heterocycles. The van der Waals surface area contributed by atoms with E-state index in [1.54, 1.807) is 6.20 Å². The van der Waals surface area contributed by atoms with E-state index in [9.17, 15) is 0 Å². The first-order valence-corrected chi connectivity index (χ1v) is 22.6. The van der Waals surface area contributed by atoms with Gasteiger partial charge in [-0.25, -0.2) is 0 Å². The van der Waals surface area contributed by atoms with E-state index in [0.717, 1.165) is 44.6 Å². The van der Waals surface area contributed by atoms with Crippen LogP contribution in [0.5, 0.6) is 0 Å². The quantitative estimate of drug-likeness (QED) is 0.0990. The topological polar surface area (TPSA) is 51.8 Å². The Labute approximate surface area is 296 Å². The van der Waals surface area contributed by atoms with E-state index < -0.39 is 16.1 Å². The molecule has 0 amide bonds. The summed E-state index contributed by atoms with van der Waals surface area (Å²) in [5, 5.41) is 9.95. The molecule has 0 N–H and O–H groups in total. The average molecular weight is 834 g/mol. The third-order valence-electron chi connectivity index (χ3n) is 9.70. The van der Waals surface area contributed by atoms with Crippen molar-refractivity contribution < 1.29 is 24.5 Å². The molecule has 1 radical (unpaired) electrons. The standard InChI is InChI=1S/C30H27N2OSi2.C11H8N.Ir/c1-34(2)14-15-35(3,4)30-27(34)18-31-29(32-30)23-11-7-10-22-25-16-20-13-12-19-8-5-6-9-21(19)24(20)17-26(25)33-28(22)23;1-2-6-10(7-3-1)11-8-4-5-9-12-11;/h5-10,12-13,16-18H,14-15H2,1-4H3;1-6,8-9H;/q2*-1;. The van der Waals surface area contributed by atoms with Crippen LogP contribution in [-0.4, -0.2) is 31.1 Å². The summed E-state index contributed by atoms with van der Waals surface area (Å²) in [4.78, 5) is 14.4. The zero-order valence-electron chi connectivity index (χ0n) is 27.5. The van der Waals surface area contributed by atoms with Gasteiger partial charge in [0.25, 0.3) is 0 Å². The van der Waals surface area contributed by atoms with Crippen LogP contribution < -0.4 is 10.5 Å². The number of aromatic nitrogens is 3. The molecular formula is C41H35IrN3OSi2-2. The normalized spacial score (nSPS) is 14.7. The number of benzene rings is 5. The minimum Gasteiger partial charge on any atom is -0.501 e. The van der Waals surface area contributed by atoms with Crippen molar-refractivity contribution >= 4 is 70.1 Å². The van der Waals surface area contributed by atoms with Crippen molar-refractivity contribution in [2.45, 2.75) is 38.3 Å². The van der Waals surface area contributed by atoms with E-state index in [0.29, 0.717) is 0 Å². The fourth-order valence-corrected chi connectivity index (χ4v) is 16.7. The molecule has 1 aliphatic rings. The first-order chi connectivity index (χ1) is 22.8. The first kappa shape index (κ1) is 32.3. The average Bonchev–Trinajstić information content (AvgIpc) is 3.48. The summed E-state index contributed by atoms with van der Waals surface area (Å²) in [6.45, 7) is 9.82. The SMILES string of the molecule is C[Si]1(C)CC[Si](C)(C)c2nc(-c3[c-]ccc4c3oc3cc5c(ccc6ccccc65)cc34)ncc21.[Ir].[c-]1ccccc1-c1ccccn1. The molecule has 48 heavy (non-hydrogen) atoms. The largest absolute Gasteiger partial charge is 0.501 e. The molecule has 0 aliphatic carbocycles. The number of fused-ring (bicyclic) bond motifs is 7. The molecule has 1 aliphatic heterocycles. The predicted octanol–water partition coefficient (Wildman–Crippen LogP) is 9.54. The molecule has 0 fully saturated rings. The molecule has 239 valence electrons. The van der Waals surface area contributed by atoms with Crippen LogP contribution in [0.2, 0.25) is 38.3 Å². The van der Waals surface area contributed by atoms with E-state index >= 15 is 0 Å². The minimum atomic E-state index is -1.58. The minimum absolute atomic E-state index is 0. The number of hydrogen-bond acceptors (Lipinski definition) is 4. The smallest absolute Gasteiger partial charge is 0.121 e. The van der Waals surface area contributed by atoms with Gasteiger partial charge in [0, 0.05) is 43.2 Å². The van der Waals surface area contributed by atoms with Gasteiger partial charge in [-0.1, -0.05) is 97.8 Å². The van der Waals surface area contributed by atoms with Gasteiger partial charge in [0.1, 0.15) is 13.7 Å². The molecular weight excluding hydrogens is 799 g/mol. The third-order valence-corrected chi connectivity index (χ3v) is 16.9. The molecule has 0 atom stereocenters. The maximum Gasteiger partial charge on any atom is 0.121 e. The Bertz CT molecular complexity index is 2390. The van der Waals surface area contributed by atoms with Crippen molar-refractivity contribution in [3.63, 3.8) is 0 Å². The summed E-state index contributed by atoms with van der Waals surface area (Å²) in [5.74, 6) is 0.746. The number of rotatable bonds is 2. The van der Waals surface area contributed by atoms with Gasteiger partial charge in [0.2, 0.25) is 0 Å². The van der Waals surface area contributed by atoms with Crippen molar-refractivity contribution in [2.75, 3.05) is 0 Å². The third kappa shape index (κ3) is 5.75. The van der Waals surface area contributed by atoms with Crippen molar-refractivity contribution in [1.29, 1.82) is 0 Å². The molecule has 0 saturated carbocycles. The second-order valence-electron chi connectivity index (χ2n) is 13.8. The second kappa shape index (κ2) is 12.6. The molecule has 9 rings (SSSR count). The second-order valence-corrected chi connectivity index (χ2v) is 23.3. The van der Waals surface area contributed by atoms with Crippen LogP contribution in [0.25, 0.3) is 66.1 Å².